The maximum Gasteiger partial charge on any atom is 0.271 e. The fourth-order valence-electron chi connectivity index (χ4n) is 2.98. The molecule has 0 spiro atoms. The van der Waals surface area contributed by atoms with E-state index >= 15 is 0 Å². The number of pyridine rings is 1. The standard InChI is InChI=1S/C22H23N3O3/c1-4-22(2,3)24-21(27)18-14-16(9-10-23-18)13-17(26)15-25-11-12-28-20-8-6-5-7-19(20)25/h1,5-10,14H,11-13,15H2,2-3H3,(H,24,27). The minimum Gasteiger partial charge on any atom is -0.490 e. The first kappa shape index (κ1) is 19.4. The summed E-state index contributed by atoms with van der Waals surface area (Å²) in [6, 6.07) is 11.1. The first-order chi connectivity index (χ1) is 13.4. The van der Waals surface area contributed by atoms with Gasteiger partial charge in [0.2, 0.25) is 0 Å². The Balaban J connectivity index is 1.66. The Hall–Kier alpha value is -3.33. The molecule has 1 aliphatic heterocycles. The highest BCUT2D eigenvalue weighted by molar-refractivity contribution is 5.93. The summed E-state index contributed by atoms with van der Waals surface area (Å²) < 4.78 is 5.62. The smallest absolute Gasteiger partial charge is 0.271 e. The molecule has 28 heavy (non-hydrogen) atoms. The number of carbonyl (C=O) groups excluding carboxylic acids is 2. The molecule has 1 N–H and O–H groups in total. The van der Waals surface area contributed by atoms with E-state index in [9.17, 15) is 9.59 Å². The highest BCUT2D eigenvalue weighted by atomic mass is 16.5. The Bertz CT molecular complexity index is 931. The van der Waals surface area contributed by atoms with Crippen molar-refractivity contribution >= 4 is 17.4 Å². The number of ketones is 1. The third-order valence-corrected chi connectivity index (χ3v) is 4.44. The van der Waals surface area contributed by atoms with Crippen molar-refractivity contribution in [2.45, 2.75) is 25.8 Å². The van der Waals surface area contributed by atoms with Gasteiger partial charge in [0.25, 0.3) is 5.91 Å². The van der Waals surface area contributed by atoms with Gasteiger partial charge in [-0.05, 0) is 43.7 Å². The van der Waals surface area contributed by atoms with E-state index in [2.05, 4.69) is 16.2 Å². The summed E-state index contributed by atoms with van der Waals surface area (Å²) in [5.74, 6) is 3.00. The first-order valence-electron chi connectivity index (χ1n) is 9.11. The van der Waals surface area contributed by atoms with Crippen LogP contribution in [0.3, 0.4) is 0 Å². The molecule has 0 aliphatic carbocycles. The fourth-order valence-corrected chi connectivity index (χ4v) is 2.98. The molecule has 0 fully saturated rings. The number of carbonyl (C=O) groups is 2. The van der Waals surface area contributed by atoms with Crippen LogP contribution in [-0.2, 0) is 11.2 Å². The topological polar surface area (TPSA) is 71.5 Å². The highest BCUT2D eigenvalue weighted by Gasteiger charge is 2.21. The van der Waals surface area contributed by atoms with Gasteiger partial charge in [-0.1, -0.05) is 18.1 Å². The molecule has 0 bridgehead atoms. The lowest BCUT2D eigenvalue weighted by molar-refractivity contribution is -0.117. The molecule has 1 aliphatic rings. The molecule has 3 rings (SSSR count). The lowest BCUT2D eigenvalue weighted by Crippen LogP contribution is -2.42. The summed E-state index contributed by atoms with van der Waals surface area (Å²) in [6.45, 7) is 4.97. The molecule has 0 saturated heterocycles. The molecule has 0 atom stereocenters. The van der Waals surface area contributed by atoms with Crippen molar-refractivity contribution in [3.63, 3.8) is 0 Å². The van der Waals surface area contributed by atoms with Crippen LogP contribution in [0.1, 0.15) is 29.9 Å². The second-order valence-electron chi connectivity index (χ2n) is 7.23. The second-order valence-corrected chi connectivity index (χ2v) is 7.23. The number of terminal acetylenes is 1. The average molecular weight is 377 g/mol. The number of para-hydroxylation sites is 2. The van der Waals surface area contributed by atoms with Crippen LogP contribution in [0.2, 0.25) is 0 Å². The Labute approximate surface area is 164 Å². The number of amides is 1. The van der Waals surface area contributed by atoms with E-state index in [0.717, 1.165) is 17.0 Å². The lowest BCUT2D eigenvalue weighted by Gasteiger charge is -2.30. The zero-order valence-electron chi connectivity index (χ0n) is 16.1. The zero-order chi connectivity index (χ0) is 20.1. The summed E-state index contributed by atoms with van der Waals surface area (Å²) in [6.07, 6.45) is 7.16. The Morgan fingerprint density at radius 1 is 1.32 bits per heavy atom. The first-order valence-corrected chi connectivity index (χ1v) is 9.11. The van der Waals surface area contributed by atoms with Crippen molar-refractivity contribution in [2.24, 2.45) is 0 Å². The summed E-state index contributed by atoms with van der Waals surface area (Å²) in [5.41, 5.74) is 1.14. The normalized spacial score (nSPS) is 13.1. The molecule has 0 unspecified atom stereocenters. The number of hydrogen-bond donors (Lipinski definition) is 1. The number of nitrogens with one attached hydrogen (secondary N) is 1. The number of fused-ring (bicyclic) bond motifs is 1. The number of ether oxygens (including phenoxy) is 1. The monoisotopic (exact) mass is 377 g/mol. The predicted molar refractivity (Wildman–Crippen MR) is 107 cm³/mol. The molecule has 144 valence electrons. The molecule has 1 amide bonds. The van der Waals surface area contributed by atoms with Gasteiger partial charge in [-0.2, -0.15) is 0 Å². The Morgan fingerprint density at radius 2 is 2.11 bits per heavy atom. The summed E-state index contributed by atoms with van der Waals surface area (Å²) in [5, 5.41) is 2.73. The van der Waals surface area contributed by atoms with Gasteiger partial charge in [-0.15, -0.1) is 6.42 Å². The summed E-state index contributed by atoms with van der Waals surface area (Å²) in [4.78, 5) is 31.1. The fraction of sp³-hybridized carbons (Fsp3) is 0.318. The summed E-state index contributed by atoms with van der Waals surface area (Å²) >= 11 is 0. The van der Waals surface area contributed by atoms with E-state index in [1.807, 2.05) is 29.2 Å². The molecule has 6 heteroatoms. The van der Waals surface area contributed by atoms with Crippen LogP contribution >= 0.6 is 0 Å². The molecule has 6 nitrogen and oxygen atoms in total. The maximum atomic E-state index is 12.6. The van der Waals surface area contributed by atoms with Crippen LogP contribution in [0.25, 0.3) is 0 Å². The number of Topliss-reactive ketones (excluding diaryl/α,β-unsaturated/α-hetero) is 1. The number of rotatable bonds is 6. The maximum absolute atomic E-state index is 12.6. The number of aromatic nitrogens is 1. The van der Waals surface area contributed by atoms with Crippen LogP contribution in [0.15, 0.2) is 42.6 Å². The Morgan fingerprint density at radius 3 is 2.89 bits per heavy atom. The molecule has 1 aromatic carbocycles. The van der Waals surface area contributed by atoms with Gasteiger partial charge in [0.05, 0.1) is 24.3 Å². The second kappa shape index (κ2) is 8.13. The predicted octanol–water partition coefficient (Wildman–Crippen LogP) is 2.23. The van der Waals surface area contributed by atoms with E-state index in [4.69, 9.17) is 11.2 Å². The zero-order valence-corrected chi connectivity index (χ0v) is 16.1. The van der Waals surface area contributed by atoms with E-state index in [1.54, 1.807) is 26.0 Å². The molecule has 0 saturated carbocycles. The number of nitrogens with zero attached hydrogens (tertiary/aromatic N) is 2. The molecule has 2 aromatic rings. The molecule has 1 aromatic heterocycles. The third-order valence-electron chi connectivity index (χ3n) is 4.44. The highest BCUT2D eigenvalue weighted by Crippen LogP contribution is 2.30. The van der Waals surface area contributed by atoms with Crippen LogP contribution in [-0.4, -0.2) is 41.9 Å². The molecule has 2 heterocycles. The van der Waals surface area contributed by atoms with Crippen molar-refractivity contribution < 1.29 is 14.3 Å². The van der Waals surface area contributed by atoms with Gasteiger partial charge < -0.3 is 15.0 Å². The Kier molecular flexibility index (Phi) is 5.65. The van der Waals surface area contributed by atoms with Gasteiger partial charge in [0.1, 0.15) is 18.1 Å². The van der Waals surface area contributed by atoms with Crippen LogP contribution in [0.5, 0.6) is 5.75 Å². The lowest BCUT2D eigenvalue weighted by atomic mass is 10.1. The van der Waals surface area contributed by atoms with E-state index < -0.39 is 5.54 Å². The van der Waals surface area contributed by atoms with Gasteiger partial charge in [-0.3, -0.25) is 14.6 Å². The van der Waals surface area contributed by atoms with Crippen LogP contribution < -0.4 is 15.0 Å². The van der Waals surface area contributed by atoms with Crippen molar-refractivity contribution in [1.29, 1.82) is 0 Å². The quantitative estimate of drug-likeness (QED) is 0.782. The van der Waals surface area contributed by atoms with E-state index in [-0.39, 0.29) is 30.3 Å². The van der Waals surface area contributed by atoms with E-state index in [1.165, 1.54) is 6.20 Å². The van der Waals surface area contributed by atoms with Crippen molar-refractivity contribution in [3.05, 3.63) is 53.9 Å². The van der Waals surface area contributed by atoms with E-state index in [0.29, 0.717) is 13.2 Å². The number of hydrogen-bond acceptors (Lipinski definition) is 5. The van der Waals surface area contributed by atoms with Crippen molar-refractivity contribution in [2.75, 3.05) is 24.6 Å². The van der Waals surface area contributed by atoms with Crippen LogP contribution in [0.4, 0.5) is 5.69 Å². The van der Waals surface area contributed by atoms with Gasteiger partial charge in [0.15, 0.2) is 5.78 Å². The summed E-state index contributed by atoms with van der Waals surface area (Å²) in [7, 11) is 0. The molecular formula is C22H23N3O3. The van der Waals surface area contributed by atoms with Gasteiger partial charge in [0, 0.05) is 12.6 Å². The third kappa shape index (κ3) is 4.68. The number of anilines is 1. The van der Waals surface area contributed by atoms with Crippen molar-refractivity contribution in [3.8, 4) is 18.1 Å². The van der Waals surface area contributed by atoms with Gasteiger partial charge in [-0.25, -0.2) is 0 Å². The van der Waals surface area contributed by atoms with Crippen molar-refractivity contribution in [1.82, 2.24) is 10.3 Å². The molecular weight excluding hydrogens is 354 g/mol. The minimum atomic E-state index is -0.770. The SMILES string of the molecule is C#CC(C)(C)NC(=O)c1cc(CC(=O)CN2CCOc3ccccc32)ccn1. The molecule has 0 radical (unpaired) electrons. The number of benzene rings is 1. The minimum absolute atomic E-state index is 0.0539. The van der Waals surface area contributed by atoms with Crippen LogP contribution in [0, 0.1) is 12.3 Å². The average Bonchev–Trinajstić information content (AvgIpc) is 2.68. The van der Waals surface area contributed by atoms with Gasteiger partial charge >= 0.3 is 0 Å². The largest absolute Gasteiger partial charge is 0.490 e.